The summed E-state index contributed by atoms with van der Waals surface area (Å²) in [6.07, 6.45) is -2.39. The van der Waals surface area contributed by atoms with Crippen LogP contribution < -0.4 is 16.7 Å². The van der Waals surface area contributed by atoms with Crippen LogP contribution in [0.5, 0.6) is 0 Å². The molecule has 0 bridgehead atoms. The zero-order chi connectivity index (χ0) is 17.4. The minimum Gasteiger partial charge on any atom is -0.393 e. The first kappa shape index (κ1) is 17.3. The Labute approximate surface area is 129 Å². The summed E-state index contributed by atoms with van der Waals surface area (Å²) >= 11 is 0. The molecule has 23 heavy (non-hydrogen) atoms. The Hall–Kier alpha value is -2.05. The molecule has 128 valence electrons. The van der Waals surface area contributed by atoms with Crippen molar-refractivity contribution in [1.29, 1.82) is 0 Å². The number of ether oxygens (including phenoxy) is 1. The first-order valence-corrected chi connectivity index (χ1v) is 6.64. The van der Waals surface area contributed by atoms with Gasteiger partial charge in [-0.15, -0.1) is 0 Å². The summed E-state index contributed by atoms with van der Waals surface area (Å²) in [7, 11) is 1.19. The molecular formula is C12H18N4O7. The van der Waals surface area contributed by atoms with Gasteiger partial charge in [-0.05, 0) is 6.07 Å². The highest BCUT2D eigenvalue weighted by Gasteiger charge is 2.69. The number of nitrogens with two attached hydrogens (primary N) is 1. The van der Waals surface area contributed by atoms with Crippen LogP contribution >= 0.6 is 0 Å². The lowest BCUT2D eigenvalue weighted by atomic mass is 9.80. The molecule has 0 unspecified atom stereocenters. The van der Waals surface area contributed by atoms with Crippen LogP contribution in [0, 0.1) is 0 Å². The summed E-state index contributed by atoms with van der Waals surface area (Å²) in [5.41, 5.74) is -0.456. The van der Waals surface area contributed by atoms with Crippen molar-refractivity contribution in [2.24, 2.45) is 0 Å². The van der Waals surface area contributed by atoms with Gasteiger partial charge in [-0.3, -0.25) is 9.36 Å². The zero-order valence-corrected chi connectivity index (χ0v) is 12.2. The van der Waals surface area contributed by atoms with Gasteiger partial charge in [-0.25, -0.2) is 4.79 Å². The Bertz CT molecular complexity index is 659. The van der Waals surface area contributed by atoms with Crippen molar-refractivity contribution in [1.82, 2.24) is 14.9 Å². The van der Waals surface area contributed by atoms with Crippen molar-refractivity contribution in [2.45, 2.75) is 23.5 Å². The summed E-state index contributed by atoms with van der Waals surface area (Å²) in [6.45, 7) is -1.98. The topological polar surface area (TPSA) is 180 Å². The molecule has 0 spiro atoms. The molecular weight excluding hydrogens is 312 g/mol. The van der Waals surface area contributed by atoms with E-state index in [9.17, 15) is 30.0 Å². The van der Waals surface area contributed by atoms with Crippen LogP contribution in [0.15, 0.2) is 17.1 Å². The van der Waals surface area contributed by atoms with E-state index in [0.717, 1.165) is 10.8 Å². The predicted octanol–water partition coefficient (Wildman–Crippen LogP) is -4.08. The molecule has 11 heteroatoms. The van der Waals surface area contributed by atoms with Gasteiger partial charge in [0.15, 0.2) is 11.8 Å². The average molecular weight is 330 g/mol. The fraction of sp³-hybridized carbons (Fsp3) is 0.583. The number of nitrogen functional groups attached to an aromatic ring is 1. The highest BCUT2D eigenvalue weighted by atomic mass is 16.6. The van der Waals surface area contributed by atoms with E-state index in [-0.39, 0.29) is 5.82 Å². The van der Waals surface area contributed by atoms with Crippen LogP contribution in [-0.4, -0.2) is 73.5 Å². The number of likely N-dealkylation sites (N-methyl/N-ethyl adjacent to an activating group) is 1. The van der Waals surface area contributed by atoms with E-state index < -0.39 is 48.3 Å². The smallest absolute Gasteiger partial charge is 0.351 e. The number of hydrogen-bond donors (Lipinski definition) is 6. The average Bonchev–Trinajstić information content (AvgIpc) is 2.77. The Morgan fingerprint density at radius 3 is 2.61 bits per heavy atom. The normalized spacial score (nSPS) is 29.4. The Morgan fingerprint density at radius 1 is 1.52 bits per heavy atom. The van der Waals surface area contributed by atoms with Crippen LogP contribution in [0.3, 0.4) is 0 Å². The van der Waals surface area contributed by atoms with Crippen molar-refractivity contribution in [3.05, 3.63) is 22.7 Å². The third-order valence-corrected chi connectivity index (χ3v) is 3.95. The zero-order valence-electron chi connectivity index (χ0n) is 12.2. The predicted molar refractivity (Wildman–Crippen MR) is 75.0 cm³/mol. The molecule has 1 aliphatic rings. The first-order valence-electron chi connectivity index (χ1n) is 6.64. The van der Waals surface area contributed by atoms with Gasteiger partial charge in [0, 0.05) is 13.2 Å². The molecule has 0 aliphatic carbocycles. The van der Waals surface area contributed by atoms with Gasteiger partial charge < -0.3 is 36.2 Å². The third-order valence-electron chi connectivity index (χ3n) is 3.95. The summed E-state index contributed by atoms with van der Waals surface area (Å²) in [6, 6.07) is 1.24. The summed E-state index contributed by atoms with van der Waals surface area (Å²) in [5.74, 6) is -1.16. The second-order valence-electron chi connectivity index (χ2n) is 5.15. The van der Waals surface area contributed by atoms with E-state index in [1.54, 1.807) is 0 Å². The number of nitrogens with one attached hydrogen (secondary N) is 1. The summed E-state index contributed by atoms with van der Waals surface area (Å²) < 4.78 is 6.12. The molecule has 1 aromatic heterocycles. The van der Waals surface area contributed by atoms with Crippen molar-refractivity contribution in [3.8, 4) is 0 Å². The van der Waals surface area contributed by atoms with Crippen LogP contribution in [0.1, 0.15) is 6.23 Å². The maximum Gasteiger partial charge on any atom is 0.351 e. The van der Waals surface area contributed by atoms with Gasteiger partial charge in [-0.1, -0.05) is 0 Å². The van der Waals surface area contributed by atoms with Crippen molar-refractivity contribution < 1.29 is 30.0 Å². The molecule has 1 saturated heterocycles. The molecule has 2 heterocycles. The Balaban J connectivity index is 2.58. The van der Waals surface area contributed by atoms with Gasteiger partial charge in [0.1, 0.15) is 11.9 Å². The van der Waals surface area contributed by atoms with Gasteiger partial charge >= 0.3 is 5.69 Å². The molecule has 2 rings (SSSR count). The number of aliphatic hydroxyl groups excluding tert-OH is 3. The minimum atomic E-state index is -2.70. The van der Waals surface area contributed by atoms with Crippen molar-refractivity contribution in [3.63, 3.8) is 0 Å². The lowest BCUT2D eigenvalue weighted by molar-refractivity contribution is -0.194. The number of nitrogens with zero attached hydrogens (tertiary/aromatic N) is 2. The SMILES string of the molecule is CNC(=O)[C@]1(O)[C@@H](O)[C@H](n2ccc(N)nc2=O)OC1(CO)CO. The van der Waals surface area contributed by atoms with E-state index >= 15 is 0 Å². The number of hydrogen-bond acceptors (Lipinski definition) is 9. The van der Waals surface area contributed by atoms with E-state index in [0.29, 0.717) is 0 Å². The second kappa shape index (κ2) is 5.86. The van der Waals surface area contributed by atoms with Gasteiger partial charge in [0.25, 0.3) is 5.91 Å². The van der Waals surface area contributed by atoms with Crippen molar-refractivity contribution in [2.75, 3.05) is 26.0 Å². The number of carbonyl (C=O) groups excluding carboxylic acids is 1. The van der Waals surface area contributed by atoms with E-state index in [2.05, 4.69) is 10.3 Å². The quantitative estimate of drug-likeness (QED) is 0.320. The monoisotopic (exact) mass is 330 g/mol. The number of aliphatic hydroxyl groups is 4. The van der Waals surface area contributed by atoms with Gasteiger partial charge in [-0.2, -0.15) is 4.98 Å². The highest BCUT2D eigenvalue weighted by Crippen LogP contribution is 2.44. The van der Waals surface area contributed by atoms with E-state index in [1.807, 2.05) is 0 Å². The second-order valence-corrected chi connectivity index (χ2v) is 5.15. The maximum atomic E-state index is 12.0. The van der Waals surface area contributed by atoms with Gasteiger partial charge in [0.05, 0.1) is 13.2 Å². The molecule has 11 nitrogen and oxygen atoms in total. The fourth-order valence-corrected chi connectivity index (χ4v) is 2.59. The number of anilines is 1. The van der Waals surface area contributed by atoms with Gasteiger partial charge in [0.2, 0.25) is 5.60 Å². The first-order chi connectivity index (χ1) is 10.8. The van der Waals surface area contributed by atoms with E-state index in [1.165, 1.54) is 13.1 Å². The lowest BCUT2D eigenvalue weighted by Gasteiger charge is -2.37. The number of aromatic nitrogens is 2. The lowest BCUT2D eigenvalue weighted by Crippen LogP contribution is -2.67. The Kier molecular flexibility index (Phi) is 4.41. The van der Waals surface area contributed by atoms with Crippen LogP contribution in [-0.2, 0) is 9.53 Å². The maximum absolute atomic E-state index is 12.0. The minimum absolute atomic E-state index is 0.0733. The third kappa shape index (κ3) is 2.29. The molecule has 0 radical (unpaired) electrons. The Morgan fingerprint density at radius 2 is 2.13 bits per heavy atom. The fourth-order valence-electron chi connectivity index (χ4n) is 2.59. The number of amides is 1. The van der Waals surface area contributed by atoms with Crippen LogP contribution in [0.25, 0.3) is 0 Å². The molecule has 1 aliphatic heterocycles. The summed E-state index contributed by atoms with van der Waals surface area (Å²) in [5, 5.41) is 42.2. The van der Waals surface area contributed by atoms with Crippen LogP contribution in [0.2, 0.25) is 0 Å². The molecule has 0 aromatic carbocycles. The number of carbonyl (C=O) groups is 1. The largest absolute Gasteiger partial charge is 0.393 e. The highest BCUT2D eigenvalue weighted by molar-refractivity contribution is 5.87. The standard InChI is InChI=1S/C12H18N4O7/c1-14-9(20)12(22)7(19)8(23-11(12,4-17)5-18)16-3-2-6(13)15-10(16)21/h2-3,7-8,17-19,22H,4-5H2,1H3,(H,14,20)(H2,13,15,21)/t7-,8+,12+/m0/s1. The summed E-state index contributed by atoms with van der Waals surface area (Å²) in [4.78, 5) is 27.4. The molecule has 1 amide bonds. The van der Waals surface area contributed by atoms with Crippen LogP contribution in [0.4, 0.5) is 5.82 Å². The van der Waals surface area contributed by atoms with E-state index in [4.69, 9.17) is 10.5 Å². The van der Waals surface area contributed by atoms with Crippen molar-refractivity contribution >= 4 is 11.7 Å². The molecule has 3 atom stereocenters. The molecule has 1 fully saturated rings. The molecule has 7 N–H and O–H groups in total. The molecule has 0 saturated carbocycles. The number of rotatable bonds is 4. The molecule has 1 aromatic rings.